The van der Waals surface area contributed by atoms with Crippen LogP contribution in [0.2, 0.25) is 0 Å². The van der Waals surface area contributed by atoms with Crippen molar-refractivity contribution in [3.8, 4) is 5.75 Å². The van der Waals surface area contributed by atoms with Crippen LogP contribution in [0.25, 0.3) is 0 Å². The Morgan fingerprint density at radius 3 is 2.19 bits per heavy atom. The average Bonchev–Trinajstić information content (AvgIpc) is 2.58. The van der Waals surface area contributed by atoms with Crippen LogP contribution < -0.4 is 9.46 Å². The molecule has 1 atom stereocenters. The Labute approximate surface area is 155 Å². The molecule has 0 aromatic heterocycles. The minimum absolute atomic E-state index is 0.181. The van der Waals surface area contributed by atoms with Gasteiger partial charge in [-0.25, -0.2) is 8.42 Å². The predicted octanol–water partition coefficient (Wildman–Crippen LogP) is 1.47. The number of ether oxygens (including phenoxy) is 2. The van der Waals surface area contributed by atoms with Crippen LogP contribution in [-0.2, 0) is 19.6 Å². The normalized spacial score (nSPS) is 16.6. The Balaban J connectivity index is 2.31. The van der Waals surface area contributed by atoms with E-state index in [-0.39, 0.29) is 16.7 Å². The number of hydrogen-bond donors (Lipinski definition) is 1. The highest BCUT2D eigenvalue weighted by atomic mass is 32.2. The average molecular weight is 384 g/mol. The van der Waals surface area contributed by atoms with Gasteiger partial charge < -0.3 is 14.4 Å². The van der Waals surface area contributed by atoms with Crippen LogP contribution in [0.1, 0.15) is 25.0 Å². The van der Waals surface area contributed by atoms with Crippen molar-refractivity contribution < 1.29 is 22.7 Å². The summed E-state index contributed by atoms with van der Waals surface area (Å²) in [6.45, 7) is 9.00. The van der Waals surface area contributed by atoms with E-state index in [4.69, 9.17) is 9.47 Å². The van der Waals surface area contributed by atoms with Crippen LogP contribution in [0, 0.1) is 19.8 Å². The molecule has 1 fully saturated rings. The molecular formula is C18H28N2O5S. The first-order valence-electron chi connectivity index (χ1n) is 8.71. The molecule has 0 bridgehead atoms. The number of rotatable bonds is 6. The van der Waals surface area contributed by atoms with Gasteiger partial charge >= 0.3 is 0 Å². The first kappa shape index (κ1) is 20.7. The summed E-state index contributed by atoms with van der Waals surface area (Å²) in [5.41, 5.74) is 1.16. The van der Waals surface area contributed by atoms with Crippen molar-refractivity contribution in [1.82, 2.24) is 9.62 Å². The molecule has 1 aromatic rings. The number of aryl methyl sites for hydroxylation is 2. The van der Waals surface area contributed by atoms with E-state index in [1.165, 1.54) is 7.11 Å². The summed E-state index contributed by atoms with van der Waals surface area (Å²) in [4.78, 5) is 14.7. The Kier molecular flexibility index (Phi) is 6.65. The van der Waals surface area contributed by atoms with E-state index < -0.39 is 16.1 Å². The number of morpholine rings is 1. The number of carbonyl (C=O) groups is 1. The highest BCUT2D eigenvalue weighted by Gasteiger charge is 2.33. The van der Waals surface area contributed by atoms with Crippen LogP contribution in [0.3, 0.4) is 0 Å². The molecule has 0 aliphatic carbocycles. The zero-order valence-electron chi connectivity index (χ0n) is 16.0. The molecule has 0 radical (unpaired) electrons. The van der Waals surface area contributed by atoms with E-state index in [0.717, 1.165) is 0 Å². The lowest BCUT2D eigenvalue weighted by molar-refractivity contribution is -0.138. The van der Waals surface area contributed by atoms with Crippen molar-refractivity contribution >= 4 is 15.9 Å². The monoisotopic (exact) mass is 384 g/mol. The SMILES string of the molecule is COc1cc(C)c(S(=O)(=O)N[C@@H](C(=O)N2CCOCC2)C(C)C)c(C)c1. The molecule has 1 heterocycles. The second kappa shape index (κ2) is 8.37. The number of nitrogens with one attached hydrogen (secondary N) is 1. The quantitative estimate of drug-likeness (QED) is 0.803. The Bertz CT molecular complexity index is 732. The van der Waals surface area contributed by atoms with E-state index in [0.29, 0.717) is 43.2 Å². The molecule has 8 heteroatoms. The third-order valence-electron chi connectivity index (χ3n) is 4.48. The summed E-state index contributed by atoms with van der Waals surface area (Å²) in [5, 5.41) is 0. The summed E-state index contributed by atoms with van der Waals surface area (Å²) in [5.74, 6) is 0.207. The van der Waals surface area contributed by atoms with Gasteiger partial charge in [-0.3, -0.25) is 4.79 Å². The maximum atomic E-state index is 13.0. The molecule has 146 valence electrons. The molecule has 2 rings (SSSR count). The first-order chi connectivity index (χ1) is 12.2. The summed E-state index contributed by atoms with van der Waals surface area (Å²) < 4.78 is 39.1. The molecule has 1 aliphatic rings. The molecule has 0 unspecified atom stereocenters. The number of carbonyl (C=O) groups excluding carboxylic acids is 1. The van der Waals surface area contributed by atoms with Crippen molar-refractivity contribution in [3.63, 3.8) is 0 Å². The Hall–Kier alpha value is -1.64. The van der Waals surface area contributed by atoms with E-state index in [2.05, 4.69) is 4.72 Å². The van der Waals surface area contributed by atoms with Crippen LogP contribution in [-0.4, -0.2) is 58.7 Å². The molecule has 7 nitrogen and oxygen atoms in total. The van der Waals surface area contributed by atoms with Gasteiger partial charge in [0.05, 0.1) is 25.2 Å². The van der Waals surface area contributed by atoms with Crippen LogP contribution in [0.4, 0.5) is 0 Å². The lowest BCUT2D eigenvalue weighted by atomic mass is 10.0. The molecule has 1 aliphatic heterocycles. The highest BCUT2D eigenvalue weighted by molar-refractivity contribution is 7.89. The number of sulfonamides is 1. The van der Waals surface area contributed by atoms with E-state index >= 15 is 0 Å². The summed E-state index contributed by atoms with van der Waals surface area (Å²) in [6, 6.07) is 2.53. The molecule has 1 saturated heterocycles. The molecule has 0 saturated carbocycles. The lowest BCUT2D eigenvalue weighted by Gasteiger charge is -2.32. The topological polar surface area (TPSA) is 84.9 Å². The zero-order valence-corrected chi connectivity index (χ0v) is 16.9. The first-order valence-corrected chi connectivity index (χ1v) is 10.2. The minimum atomic E-state index is -3.86. The maximum absolute atomic E-state index is 13.0. The zero-order chi connectivity index (χ0) is 19.5. The van der Waals surface area contributed by atoms with Gasteiger partial charge in [0, 0.05) is 13.1 Å². The highest BCUT2D eigenvalue weighted by Crippen LogP contribution is 2.26. The fourth-order valence-corrected chi connectivity index (χ4v) is 4.92. The number of methoxy groups -OCH3 is 1. The molecular weight excluding hydrogens is 356 g/mol. The third-order valence-corrected chi connectivity index (χ3v) is 6.22. The second-order valence-corrected chi connectivity index (χ2v) is 8.52. The van der Waals surface area contributed by atoms with E-state index in [1.807, 2.05) is 13.8 Å². The Morgan fingerprint density at radius 1 is 1.19 bits per heavy atom. The van der Waals surface area contributed by atoms with Gasteiger partial charge in [0.25, 0.3) is 0 Å². The van der Waals surface area contributed by atoms with Crippen LogP contribution in [0.15, 0.2) is 17.0 Å². The number of amides is 1. The smallest absolute Gasteiger partial charge is 0.241 e. The van der Waals surface area contributed by atoms with E-state index in [1.54, 1.807) is 30.9 Å². The van der Waals surface area contributed by atoms with Gasteiger partial charge in [0.1, 0.15) is 11.8 Å². The van der Waals surface area contributed by atoms with Gasteiger partial charge in [-0.15, -0.1) is 0 Å². The van der Waals surface area contributed by atoms with Gasteiger partial charge in [-0.1, -0.05) is 13.8 Å². The molecule has 0 spiro atoms. The lowest BCUT2D eigenvalue weighted by Crippen LogP contribution is -2.53. The maximum Gasteiger partial charge on any atom is 0.241 e. The Morgan fingerprint density at radius 2 is 1.73 bits per heavy atom. The summed E-state index contributed by atoms with van der Waals surface area (Å²) in [7, 11) is -2.32. The van der Waals surface area contributed by atoms with Crippen molar-refractivity contribution in [2.24, 2.45) is 5.92 Å². The number of hydrogen-bond acceptors (Lipinski definition) is 5. The molecule has 1 amide bonds. The summed E-state index contributed by atoms with van der Waals surface area (Å²) >= 11 is 0. The van der Waals surface area contributed by atoms with Crippen molar-refractivity contribution in [3.05, 3.63) is 23.3 Å². The largest absolute Gasteiger partial charge is 0.497 e. The number of benzene rings is 1. The van der Waals surface area contributed by atoms with Gasteiger partial charge in [-0.05, 0) is 43.0 Å². The third kappa shape index (κ3) is 4.55. The fraction of sp³-hybridized carbons (Fsp3) is 0.611. The van der Waals surface area contributed by atoms with Gasteiger partial charge in [-0.2, -0.15) is 4.72 Å². The van der Waals surface area contributed by atoms with Gasteiger partial charge in [0.15, 0.2) is 0 Å². The van der Waals surface area contributed by atoms with E-state index in [9.17, 15) is 13.2 Å². The van der Waals surface area contributed by atoms with Crippen molar-refractivity contribution in [2.75, 3.05) is 33.4 Å². The molecule has 1 aromatic carbocycles. The van der Waals surface area contributed by atoms with Crippen LogP contribution >= 0.6 is 0 Å². The molecule has 26 heavy (non-hydrogen) atoms. The van der Waals surface area contributed by atoms with Gasteiger partial charge in [0.2, 0.25) is 15.9 Å². The fourth-order valence-electron chi connectivity index (χ4n) is 3.13. The van der Waals surface area contributed by atoms with Crippen molar-refractivity contribution in [1.29, 1.82) is 0 Å². The van der Waals surface area contributed by atoms with Crippen LogP contribution in [0.5, 0.6) is 5.75 Å². The molecule has 1 N–H and O–H groups in total. The summed E-state index contributed by atoms with van der Waals surface area (Å²) in [6.07, 6.45) is 0. The minimum Gasteiger partial charge on any atom is -0.497 e. The predicted molar refractivity (Wildman–Crippen MR) is 98.8 cm³/mol. The standard InChI is InChI=1S/C18H28N2O5S/c1-12(2)16(18(21)20-6-8-25-9-7-20)19-26(22,23)17-13(3)10-15(24-5)11-14(17)4/h10-12,16,19H,6-9H2,1-5H3/t16-/m1/s1. The van der Waals surface area contributed by atoms with Crippen molar-refractivity contribution in [2.45, 2.75) is 38.6 Å². The number of nitrogens with zero attached hydrogens (tertiary/aromatic N) is 1. The second-order valence-electron chi connectivity index (χ2n) is 6.87.